The maximum atomic E-state index is 13.2. The third-order valence-corrected chi connectivity index (χ3v) is 7.53. The van der Waals surface area contributed by atoms with Crippen LogP contribution in [0.15, 0.2) is 67.3 Å². The summed E-state index contributed by atoms with van der Waals surface area (Å²) in [5, 5.41) is 0. The molecule has 174 valence electrons. The zero-order valence-corrected chi connectivity index (χ0v) is 19.7. The number of hydrogen-bond acceptors (Lipinski definition) is 4. The van der Waals surface area contributed by atoms with E-state index in [-0.39, 0.29) is 23.3 Å². The second kappa shape index (κ2) is 9.92. The average molecular weight is 447 g/mol. The Bertz CT molecular complexity index is 1010. The van der Waals surface area contributed by atoms with Gasteiger partial charge in [0.05, 0.1) is 0 Å². The van der Waals surface area contributed by atoms with Gasteiger partial charge < -0.3 is 9.64 Å². The van der Waals surface area contributed by atoms with Crippen molar-refractivity contribution in [3.8, 4) is 5.75 Å². The lowest BCUT2D eigenvalue weighted by Crippen LogP contribution is -2.56. The fourth-order valence-electron chi connectivity index (χ4n) is 5.85. The molecule has 0 aromatic heterocycles. The quantitative estimate of drug-likeness (QED) is 0.367. The summed E-state index contributed by atoms with van der Waals surface area (Å²) in [6, 6.07) is 17.7. The van der Waals surface area contributed by atoms with E-state index < -0.39 is 0 Å². The minimum absolute atomic E-state index is 0.0536. The lowest BCUT2D eigenvalue weighted by Gasteiger charge is -2.54. The van der Waals surface area contributed by atoms with Crippen LogP contribution >= 0.6 is 0 Å². The zero-order chi connectivity index (χ0) is 23.4. The summed E-state index contributed by atoms with van der Waals surface area (Å²) in [5.74, 6) is 0.844. The lowest BCUT2D eigenvalue weighted by molar-refractivity contribution is -0.131. The third kappa shape index (κ3) is 4.88. The van der Waals surface area contributed by atoms with Crippen molar-refractivity contribution in [3.05, 3.63) is 78.4 Å². The van der Waals surface area contributed by atoms with Gasteiger partial charge >= 0.3 is 5.97 Å². The normalized spacial score (nSPS) is 25.0. The molecule has 1 heterocycles. The van der Waals surface area contributed by atoms with Crippen molar-refractivity contribution < 1.29 is 14.3 Å². The number of ether oxygens (including phenoxy) is 1. The molecular weight excluding hydrogens is 412 g/mol. The first-order chi connectivity index (χ1) is 15.9. The molecular formula is C28H34N2O3. The number of nitrogens with zero attached hydrogens (tertiary/aromatic N) is 2. The molecule has 1 aliphatic heterocycles. The van der Waals surface area contributed by atoms with E-state index >= 15 is 0 Å². The van der Waals surface area contributed by atoms with Gasteiger partial charge in [0.15, 0.2) is 0 Å². The number of hydrogen-bond donors (Lipinski definition) is 0. The largest absolute Gasteiger partial charge is 0.427 e. The number of carbonyl (C=O) groups is 2. The molecule has 5 nitrogen and oxygen atoms in total. The Kier molecular flexibility index (Phi) is 6.99. The minimum atomic E-state index is -0.309. The minimum Gasteiger partial charge on any atom is -0.427 e. The Morgan fingerprint density at radius 1 is 1.18 bits per heavy atom. The highest BCUT2D eigenvalue weighted by Crippen LogP contribution is 2.50. The van der Waals surface area contributed by atoms with E-state index in [1.807, 2.05) is 66.6 Å². The first-order valence-corrected chi connectivity index (χ1v) is 11.9. The maximum Gasteiger partial charge on any atom is 0.308 e. The van der Waals surface area contributed by atoms with E-state index in [0.717, 1.165) is 50.9 Å². The lowest BCUT2D eigenvalue weighted by atomic mass is 9.57. The van der Waals surface area contributed by atoms with Crippen molar-refractivity contribution in [3.63, 3.8) is 0 Å². The van der Waals surface area contributed by atoms with E-state index in [2.05, 4.69) is 17.5 Å². The van der Waals surface area contributed by atoms with Gasteiger partial charge in [0.25, 0.3) is 5.91 Å². The Morgan fingerprint density at radius 2 is 1.97 bits per heavy atom. The van der Waals surface area contributed by atoms with Crippen LogP contribution in [-0.4, -0.2) is 54.4 Å². The number of rotatable bonds is 6. The molecule has 4 rings (SSSR count). The Labute approximate surface area is 197 Å². The van der Waals surface area contributed by atoms with Gasteiger partial charge in [-0.3, -0.25) is 14.5 Å². The maximum absolute atomic E-state index is 13.2. The van der Waals surface area contributed by atoms with Crippen LogP contribution in [0.2, 0.25) is 0 Å². The van der Waals surface area contributed by atoms with Crippen LogP contribution in [0.25, 0.3) is 0 Å². The summed E-state index contributed by atoms with van der Waals surface area (Å²) < 4.78 is 5.43. The van der Waals surface area contributed by atoms with Crippen molar-refractivity contribution in [1.29, 1.82) is 0 Å². The highest BCUT2D eigenvalue weighted by atomic mass is 16.5. The number of esters is 1. The molecule has 2 aliphatic rings. The van der Waals surface area contributed by atoms with E-state index in [4.69, 9.17) is 4.74 Å². The SMILES string of the molecule is C=CCN1CC[C@@]2(c3cccc(OC(C)=O)c3)C[C@@H](N(C)C(=O)c3ccccc3)CC[C@@H]2C1. The fraction of sp³-hybridized carbons (Fsp3) is 0.429. The number of piperidine rings is 1. The van der Waals surface area contributed by atoms with Crippen LogP contribution in [0.1, 0.15) is 48.5 Å². The molecule has 1 aliphatic carbocycles. The van der Waals surface area contributed by atoms with Gasteiger partial charge in [0.2, 0.25) is 0 Å². The first kappa shape index (κ1) is 23.2. The Morgan fingerprint density at radius 3 is 2.70 bits per heavy atom. The first-order valence-electron chi connectivity index (χ1n) is 11.9. The Hall–Kier alpha value is -2.92. The zero-order valence-electron chi connectivity index (χ0n) is 19.7. The van der Waals surface area contributed by atoms with Crippen molar-refractivity contribution in [2.45, 2.75) is 44.1 Å². The highest BCUT2D eigenvalue weighted by Gasteiger charge is 2.49. The summed E-state index contributed by atoms with van der Waals surface area (Å²) in [7, 11) is 1.94. The molecule has 2 fully saturated rings. The van der Waals surface area contributed by atoms with Crippen molar-refractivity contribution in [1.82, 2.24) is 9.80 Å². The predicted molar refractivity (Wildman–Crippen MR) is 130 cm³/mol. The van der Waals surface area contributed by atoms with E-state index in [9.17, 15) is 9.59 Å². The molecule has 0 bridgehead atoms. The van der Waals surface area contributed by atoms with Gasteiger partial charge in [0.1, 0.15) is 5.75 Å². The van der Waals surface area contributed by atoms with Crippen LogP contribution in [0, 0.1) is 5.92 Å². The number of amides is 1. The summed E-state index contributed by atoms with van der Waals surface area (Å²) in [4.78, 5) is 29.2. The van der Waals surface area contributed by atoms with Gasteiger partial charge in [-0.1, -0.05) is 36.4 Å². The van der Waals surface area contributed by atoms with Gasteiger partial charge in [-0.25, -0.2) is 0 Å². The Balaban J connectivity index is 1.64. The highest BCUT2D eigenvalue weighted by molar-refractivity contribution is 5.94. The molecule has 2 aromatic carbocycles. The van der Waals surface area contributed by atoms with Crippen molar-refractivity contribution in [2.75, 3.05) is 26.7 Å². The number of likely N-dealkylation sites (tertiary alicyclic amines) is 1. The summed E-state index contributed by atoms with van der Waals surface area (Å²) in [5.41, 5.74) is 1.89. The second-order valence-electron chi connectivity index (χ2n) is 9.49. The number of carbonyl (C=O) groups excluding carboxylic acids is 2. The average Bonchev–Trinajstić information content (AvgIpc) is 2.83. The van der Waals surface area contributed by atoms with Gasteiger partial charge in [-0.2, -0.15) is 0 Å². The number of fused-ring (bicyclic) bond motifs is 1. The molecule has 1 amide bonds. The topological polar surface area (TPSA) is 49.9 Å². The monoisotopic (exact) mass is 446 g/mol. The van der Waals surface area contributed by atoms with Crippen molar-refractivity contribution in [2.24, 2.45) is 5.92 Å². The molecule has 1 saturated heterocycles. The summed E-state index contributed by atoms with van der Waals surface area (Å²) >= 11 is 0. The molecule has 0 spiro atoms. The standard InChI is InChI=1S/C28H34N2O3/c1-4-16-30-17-15-28(23-11-8-12-26(18-23)33-21(2)31)19-25(14-13-24(28)20-30)29(3)27(32)22-9-6-5-7-10-22/h4-12,18,24-25H,1,13-17,19-20H2,2-3H3/t24-,25+,28+/m1/s1. The molecule has 0 N–H and O–H groups in total. The molecule has 1 saturated carbocycles. The molecule has 0 radical (unpaired) electrons. The smallest absolute Gasteiger partial charge is 0.308 e. The van der Waals surface area contributed by atoms with E-state index in [0.29, 0.717) is 11.7 Å². The molecule has 33 heavy (non-hydrogen) atoms. The van der Waals surface area contributed by atoms with E-state index in [1.165, 1.54) is 12.5 Å². The van der Waals surface area contributed by atoms with Crippen molar-refractivity contribution >= 4 is 11.9 Å². The van der Waals surface area contributed by atoms with Crippen LogP contribution < -0.4 is 4.74 Å². The molecule has 2 aromatic rings. The van der Waals surface area contributed by atoms with Crippen LogP contribution in [0.4, 0.5) is 0 Å². The second-order valence-corrected chi connectivity index (χ2v) is 9.49. The predicted octanol–water partition coefficient (Wildman–Crippen LogP) is 4.68. The summed E-state index contributed by atoms with van der Waals surface area (Å²) in [6.07, 6.45) is 5.96. The fourth-order valence-corrected chi connectivity index (χ4v) is 5.85. The van der Waals surface area contributed by atoms with E-state index in [1.54, 1.807) is 0 Å². The van der Waals surface area contributed by atoms with Crippen LogP contribution in [0.3, 0.4) is 0 Å². The van der Waals surface area contributed by atoms with Gasteiger partial charge in [0, 0.05) is 44.1 Å². The number of benzene rings is 2. The molecule has 3 atom stereocenters. The van der Waals surface area contributed by atoms with Crippen LogP contribution in [-0.2, 0) is 10.2 Å². The summed E-state index contributed by atoms with van der Waals surface area (Å²) in [6.45, 7) is 8.26. The molecule has 0 unspecified atom stereocenters. The molecule has 5 heteroatoms. The third-order valence-electron chi connectivity index (χ3n) is 7.53. The van der Waals surface area contributed by atoms with Gasteiger partial charge in [-0.15, -0.1) is 6.58 Å². The van der Waals surface area contributed by atoms with Gasteiger partial charge in [-0.05, 0) is 68.0 Å². The van der Waals surface area contributed by atoms with Crippen LogP contribution in [0.5, 0.6) is 5.75 Å².